The number of carbonyl (C=O) groups is 2. The number of benzene rings is 1. The Bertz CT molecular complexity index is 986. The summed E-state index contributed by atoms with van der Waals surface area (Å²) < 4.78 is 14.8. The average molecular weight is 375 g/mol. The van der Waals surface area contributed by atoms with Crippen LogP contribution in [0.2, 0.25) is 5.02 Å². The summed E-state index contributed by atoms with van der Waals surface area (Å²) in [5.74, 6) is -1.42. The third-order valence-electron chi connectivity index (χ3n) is 3.68. The Labute approximate surface area is 154 Å². The SMILES string of the molecule is CCCNC(=O)c1nc(C(=O)Nc2ccc(F)c(Cl)c2)n2ccccc12. The predicted octanol–water partition coefficient (Wildman–Crippen LogP) is 3.52. The Morgan fingerprint density at radius 2 is 2.04 bits per heavy atom. The molecule has 8 heteroatoms. The van der Waals surface area contributed by atoms with E-state index >= 15 is 0 Å². The Morgan fingerprint density at radius 1 is 1.23 bits per heavy atom. The molecule has 6 nitrogen and oxygen atoms in total. The normalized spacial score (nSPS) is 10.7. The molecule has 0 unspecified atom stereocenters. The third kappa shape index (κ3) is 3.52. The van der Waals surface area contributed by atoms with E-state index in [1.807, 2.05) is 6.92 Å². The summed E-state index contributed by atoms with van der Waals surface area (Å²) in [5.41, 5.74) is 1.01. The van der Waals surface area contributed by atoms with E-state index in [9.17, 15) is 14.0 Å². The van der Waals surface area contributed by atoms with Crippen LogP contribution in [0.5, 0.6) is 0 Å². The van der Waals surface area contributed by atoms with Crippen molar-refractivity contribution in [1.82, 2.24) is 14.7 Å². The van der Waals surface area contributed by atoms with Crippen LogP contribution in [0, 0.1) is 5.82 Å². The van der Waals surface area contributed by atoms with Gasteiger partial charge in [0, 0.05) is 18.4 Å². The Morgan fingerprint density at radius 3 is 2.77 bits per heavy atom. The first-order valence-electron chi connectivity index (χ1n) is 8.03. The first-order valence-corrected chi connectivity index (χ1v) is 8.40. The Balaban J connectivity index is 1.95. The van der Waals surface area contributed by atoms with Gasteiger partial charge in [-0.05, 0) is 36.8 Å². The van der Waals surface area contributed by atoms with Gasteiger partial charge in [-0.25, -0.2) is 9.37 Å². The minimum Gasteiger partial charge on any atom is -0.351 e. The number of nitrogens with zero attached hydrogens (tertiary/aromatic N) is 2. The number of hydrogen-bond acceptors (Lipinski definition) is 3. The summed E-state index contributed by atoms with van der Waals surface area (Å²) in [6.07, 6.45) is 2.43. The highest BCUT2D eigenvalue weighted by atomic mass is 35.5. The number of imidazole rings is 1. The van der Waals surface area contributed by atoms with Crippen molar-refractivity contribution in [1.29, 1.82) is 0 Å². The van der Waals surface area contributed by atoms with Gasteiger partial charge in [-0.2, -0.15) is 0 Å². The number of anilines is 1. The maximum absolute atomic E-state index is 13.3. The predicted molar refractivity (Wildman–Crippen MR) is 97.2 cm³/mol. The lowest BCUT2D eigenvalue weighted by Gasteiger charge is -2.05. The highest BCUT2D eigenvalue weighted by Crippen LogP contribution is 2.20. The second-order valence-corrected chi connectivity index (χ2v) is 5.99. The highest BCUT2D eigenvalue weighted by molar-refractivity contribution is 6.31. The molecule has 0 saturated heterocycles. The first-order chi connectivity index (χ1) is 12.5. The lowest BCUT2D eigenvalue weighted by Crippen LogP contribution is -2.24. The molecule has 0 spiro atoms. The number of fused-ring (bicyclic) bond motifs is 1. The zero-order valence-corrected chi connectivity index (χ0v) is 14.7. The molecule has 2 amide bonds. The monoisotopic (exact) mass is 374 g/mol. The van der Waals surface area contributed by atoms with Crippen LogP contribution in [0.1, 0.15) is 34.5 Å². The molecule has 2 N–H and O–H groups in total. The molecule has 3 rings (SSSR count). The fourth-order valence-corrected chi connectivity index (χ4v) is 2.63. The van der Waals surface area contributed by atoms with Gasteiger partial charge in [-0.15, -0.1) is 0 Å². The molecule has 2 aromatic heterocycles. The van der Waals surface area contributed by atoms with Gasteiger partial charge < -0.3 is 10.6 Å². The molecule has 0 fully saturated rings. The van der Waals surface area contributed by atoms with Gasteiger partial charge in [0.05, 0.1) is 10.5 Å². The number of amides is 2. The van der Waals surface area contributed by atoms with Gasteiger partial charge >= 0.3 is 0 Å². The van der Waals surface area contributed by atoms with E-state index in [0.717, 1.165) is 12.5 Å². The summed E-state index contributed by atoms with van der Waals surface area (Å²) in [6, 6.07) is 9.05. The first kappa shape index (κ1) is 17.9. The molecule has 1 aromatic carbocycles. The van der Waals surface area contributed by atoms with E-state index in [1.165, 1.54) is 16.5 Å². The van der Waals surface area contributed by atoms with Crippen LogP contribution < -0.4 is 10.6 Å². The van der Waals surface area contributed by atoms with E-state index in [2.05, 4.69) is 15.6 Å². The van der Waals surface area contributed by atoms with Gasteiger partial charge in [-0.3, -0.25) is 14.0 Å². The second kappa shape index (κ2) is 7.53. The van der Waals surface area contributed by atoms with Crippen molar-refractivity contribution in [2.24, 2.45) is 0 Å². The lowest BCUT2D eigenvalue weighted by molar-refractivity contribution is 0.0951. The van der Waals surface area contributed by atoms with Crippen molar-refractivity contribution in [2.45, 2.75) is 13.3 Å². The molecule has 26 heavy (non-hydrogen) atoms. The fourth-order valence-electron chi connectivity index (χ4n) is 2.45. The summed E-state index contributed by atoms with van der Waals surface area (Å²) in [7, 11) is 0. The number of carbonyl (C=O) groups excluding carboxylic acids is 2. The van der Waals surface area contributed by atoms with Gasteiger partial charge in [-0.1, -0.05) is 24.6 Å². The largest absolute Gasteiger partial charge is 0.351 e. The second-order valence-electron chi connectivity index (χ2n) is 5.58. The summed E-state index contributed by atoms with van der Waals surface area (Å²) in [5, 5.41) is 5.26. The molecule has 0 saturated carbocycles. The number of rotatable bonds is 5. The van der Waals surface area contributed by atoms with E-state index < -0.39 is 11.7 Å². The summed E-state index contributed by atoms with van der Waals surface area (Å²) in [4.78, 5) is 29.1. The van der Waals surface area contributed by atoms with Crippen LogP contribution >= 0.6 is 11.6 Å². The Hall–Kier alpha value is -2.93. The molecule has 0 aliphatic rings. The number of hydrogen-bond donors (Lipinski definition) is 2. The quantitative estimate of drug-likeness (QED) is 0.717. The smallest absolute Gasteiger partial charge is 0.292 e. The minimum absolute atomic E-state index is 0.0442. The van der Waals surface area contributed by atoms with E-state index in [1.54, 1.807) is 24.4 Å². The van der Waals surface area contributed by atoms with Crippen molar-refractivity contribution < 1.29 is 14.0 Å². The van der Waals surface area contributed by atoms with Crippen molar-refractivity contribution in [3.05, 3.63) is 65.0 Å². The lowest BCUT2D eigenvalue weighted by atomic mass is 10.3. The van der Waals surface area contributed by atoms with E-state index in [4.69, 9.17) is 11.6 Å². The fraction of sp³-hybridized carbons (Fsp3) is 0.167. The molecule has 0 radical (unpaired) electrons. The van der Waals surface area contributed by atoms with E-state index in [0.29, 0.717) is 17.7 Å². The van der Waals surface area contributed by atoms with Crippen molar-refractivity contribution in [3.63, 3.8) is 0 Å². The van der Waals surface area contributed by atoms with Crippen LogP contribution in [0.4, 0.5) is 10.1 Å². The van der Waals surface area contributed by atoms with Crippen LogP contribution in [-0.4, -0.2) is 27.7 Å². The zero-order valence-electron chi connectivity index (χ0n) is 13.9. The standard InChI is InChI=1S/C18H16ClFN4O2/c1-2-8-21-17(25)15-14-5-3-4-9-24(14)16(23-15)18(26)22-11-6-7-13(20)12(19)10-11/h3-7,9-10H,2,8H2,1H3,(H,21,25)(H,22,26). The van der Waals surface area contributed by atoms with Gasteiger partial charge in [0.1, 0.15) is 5.82 Å². The molecule has 0 aliphatic heterocycles. The highest BCUT2D eigenvalue weighted by Gasteiger charge is 2.21. The third-order valence-corrected chi connectivity index (χ3v) is 3.97. The van der Waals surface area contributed by atoms with Crippen LogP contribution in [-0.2, 0) is 0 Å². The van der Waals surface area contributed by atoms with Crippen molar-refractivity contribution >= 4 is 34.6 Å². The van der Waals surface area contributed by atoms with Gasteiger partial charge in [0.2, 0.25) is 5.82 Å². The van der Waals surface area contributed by atoms with Gasteiger partial charge in [0.15, 0.2) is 5.69 Å². The maximum atomic E-state index is 13.3. The number of pyridine rings is 1. The molecule has 2 heterocycles. The molecule has 3 aromatic rings. The van der Waals surface area contributed by atoms with Crippen molar-refractivity contribution in [3.8, 4) is 0 Å². The topological polar surface area (TPSA) is 75.5 Å². The molecular weight excluding hydrogens is 359 g/mol. The summed E-state index contributed by atoms with van der Waals surface area (Å²) in [6.45, 7) is 2.46. The molecule has 0 atom stereocenters. The average Bonchev–Trinajstić information content (AvgIpc) is 3.03. The molecule has 0 aliphatic carbocycles. The minimum atomic E-state index is -0.578. The molecule has 0 bridgehead atoms. The summed E-state index contributed by atoms with van der Waals surface area (Å²) >= 11 is 5.73. The van der Waals surface area contributed by atoms with Crippen LogP contribution in [0.15, 0.2) is 42.6 Å². The molecular formula is C18H16ClFN4O2. The van der Waals surface area contributed by atoms with E-state index in [-0.39, 0.29) is 22.4 Å². The molecule has 134 valence electrons. The number of halogens is 2. The van der Waals surface area contributed by atoms with Gasteiger partial charge in [0.25, 0.3) is 11.8 Å². The Kier molecular flexibility index (Phi) is 5.18. The van der Waals surface area contributed by atoms with Crippen molar-refractivity contribution in [2.75, 3.05) is 11.9 Å². The number of aromatic nitrogens is 2. The van der Waals surface area contributed by atoms with Crippen LogP contribution in [0.3, 0.4) is 0 Å². The maximum Gasteiger partial charge on any atom is 0.292 e. The number of nitrogens with one attached hydrogen (secondary N) is 2. The zero-order chi connectivity index (χ0) is 18.7. The van der Waals surface area contributed by atoms with Crippen LogP contribution in [0.25, 0.3) is 5.52 Å².